The van der Waals surface area contributed by atoms with Crippen molar-refractivity contribution in [3.63, 3.8) is 0 Å². The first kappa shape index (κ1) is 11.1. The maximum atomic E-state index is 9.46. The van der Waals surface area contributed by atoms with Crippen molar-refractivity contribution < 1.29 is 19.3 Å². The molecule has 0 aliphatic heterocycles. The average molecular weight is 263 g/mol. The summed E-state index contributed by atoms with van der Waals surface area (Å²) >= 11 is 3.19. The monoisotopic (exact) mass is 262 g/mol. The zero-order valence-corrected chi connectivity index (χ0v) is 9.50. The number of halogens is 1. The molecule has 1 N–H and O–H groups in total. The predicted molar refractivity (Wildman–Crippen MR) is 54.9 cm³/mol. The molecule has 0 amide bonds. The molecule has 14 heavy (non-hydrogen) atoms. The van der Waals surface area contributed by atoms with E-state index < -0.39 is 0 Å². The number of benzene rings is 1. The molecule has 0 radical (unpaired) electrons. The van der Waals surface area contributed by atoms with Crippen molar-refractivity contribution in [2.24, 2.45) is 0 Å². The number of phenols is 1. The van der Waals surface area contributed by atoms with Gasteiger partial charge in [-0.1, -0.05) is 0 Å². The Kier molecular flexibility index (Phi) is 4.03. The Labute approximate surface area is 90.5 Å². The van der Waals surface area contributed by atoms with Gasteiger partial charge in [0.25, 0.3) is 0 Å². The molecular weight excluding hydrogens is 252 g/mol. The summed E-state index contributed by atoms with van der Waals surface area (Å²) < 4.78 is 15.4. The van der Waals surface area contributed by atoms with Crippen molar-refractivity contribution in [3.05, 3.63) is 16.6 Å². The summed E-state index contributed by atoms with van der Waals surface area (Å²) in [4.78, 5) is 0. The highest BCUT2D eigenvalue weighted by molar-refractivity contribution is 9.10. The van der Waals surface area contributed by atoms with Gasteiger partial charge in [0.15, 0.2) is 6.79 Å². The van der Waals surface area contributed by atoms with E-state index in [9.17, 15) is 5.11 Å². The summed E-state index contributed by atoms with van der Waals surface area (Å²) in [6.45, 7) is 0.116. The minimum atomic E-state index is 0.0652. The quantitative estimate of drug-likeness (QED) is 0.845. The fraction of sp³-hybridized carbons (Fsp3) is 0.333. The molecule has 0 unspecified atom stereocenters. The predicted octanol–water partition coefficient (Wildman–Crippen LogP) is 2.15. The van der Waals surface area contributed by atoms with Gasteiger partial charge in [-0.2, -0.15) is 0 Å². The van der Waals surface area contributed by atoms with Gasteiger partial charge in [-0.25, -0.2) is 0 Å². The van der Waals surface area contributed by atoms with Crippen LogP contribution >= 0.6 is 15.9 Å². The Morgan fingerprint density at radius 2 is 2.07 bits per heavy atom. The summed E-state index contributed by atoms with van der Waals surface area (Å²) in [5, 5.41) is 9.46. The number of aromatic hydroxyl groups is 1. The lowest BCUT2D eigenvalue weighted by atomic mass is 10.3. The second-order valence-corrected chi connectivity index (χ2v) is 3.30. The average Bonchev–Trinajstić information content (AvgIpc) is 2.20. The van der Waals surface area contributed by atoms with Gasteiger partial charge >= 0.3 is 0 Å². The van der Waals surface area contributed by atoms with Crippen LogP contribution in [0, 0.1) is 0 Å². The smallest absolute Gasteiger partial charge is 0.188 e. The summed E-state index contributed by atoms with van der Waals surface area (Å²) in [5.74, 6) is 1.07. The molecule has 1 aromatic rings. The van der Waals surface area contributed by atoms with Crippen molar-refractivity contribution in [2.75, 3.05) is 21.0 Å². The van der Waals surface area contributed by atoms with Gasteiger partial charge in [-0.3, -0.25) is 0 Å². The van der Waals surface area contributed by atoms with E-state index in [1.54, 1.807) is 6.07 Å². The van der Waals surface area contributed by atoms with E-state index in [1.807, 2.05) is 0 Å². The highest BCUT2D eigenvalue weighted by Gasteiger charge is 2.09. The van der Waals surface area contributed by atoms with Crippen LogP contribution in [0.5, 0.6) is 17.2 Å². The van der Waals surface area contributed by atoms with E-state index in [0.717, 1.165) is 0 Å². The van der Waals surface area contributed by atoms with E-state index in [2.05, 4.69) is 15.9 Å². The first-order chi connectivity index (χ1) is 6.69. The Bertz CT molecular complexity index is 314. The Balaban J connectivity index is 2.95. The van der Waals surface area contributed by atoms with Crippen LogP contribution in [0.25, 0.3) is 0 Å². The number of ether oxygens (including phenoxy) is 3. The Morgan fingerprint density at radius 3 is 2.64 bits per heavy atom. The summed E-state index contributed by atoms with van der Waals surface area (Å²) in [6.07, 6.45) is 0. The van der Waals surface area contributed by atoms with Crippen LogP contribution in [0.3, 0.4) is 0 Å². The number of rotatable bonds is 4. The van der Waals surface area contributed by atoms with Crippen LogP contribution in [-0.2, 0) is 4.74 Å². The minimum Gasteiger partial charge on any atom is -0.506 e. The largest absolute Gasteiger partial charge is 0.506 e. The van der Waals surface area contributed by atoms with Crippen molar-refractivity contribution in [2.45, 2.75) is 0 Å². The molecule has 0 saturated carbocycles. The van der Waals surface area contributed by atoms with Crippen molar-refractivity contribution in [3.8, 4) is 17.2 Å². The number of methoxy groups -OCH3 is 2. The molecule has 1 rings (SSSR count). The highest BCUT2D eigenvalue weighted by atomic mass is 79.9. The van der Waals surface area contributed by atoms with E-state index in [0.29, 0.717) is 16.0 Å². The molecule has 78 valence electrons. The third-order valence-corrected chi connectivity index (χ3v) is 2.36. The summed E-state index contributed by atoms with van der Waals surface area (Å²) in [5.41, 5.74) is 0. The van der Waals surface area contributed by atoms with Crippen molar-refractivity contribution in [1.82, 2.24) is 0 Å². The number of hydrogen-bond acceptors (Lipinski definition) is 4. The molecule has 5 heteroatoms. The molecule has 0 aliphatic rings. The molecule has 0 heterocycles. The third-order valence-electron chi connectivity index (χ3n) is 1.56. The zero-order chi connectivity index (χ0) is 10.6. The first-order valence-corrected chi connectivity index (χ1v) is 4.66. The van der Waals surface area contributed by atoms with Crippen LogP contribution in [-0.4, -0.2) is 26.1 Å². The molecule has 0 aliphatic carbocycles. The molecular formula is C9H11BrO4. The fourth-order valence-corrected chi connectivity index (χ4v) is 1.25. The van der Waals surface area contributed by atoms with Gasteiger partial charge < -0.3 is 19.3 Å². The van der Waals surface area contributed by atoms with Crippen molar-refractivity contribution >= 4 is 15.9 Å². The fourth-order valence-electron chi connectivity index (χ4n) is 0.904. The van der Waals surface area contributed by atoms with Crippen LogP contribution < -0.4 is 9.47 Å². The lowest BCUT2D eigenvalue weighted by molar-refractivity contribution is 0.0502. The highest BCUT2D eigenvalue weighted by Crippen LogP contribution is 2.37. The second-order valence-electron chi connectivity index (χ2n) is 2.51. The maximum Gasteiger partial charge on any atom is 0.188 e. The van der Waals surface area contributed by atoms with Gasteiger partial charge in [0.05, 0.1) is 7.11 Å². The van der Waals surface area contributed by atoms with Gasteiger partial charge in [0.2, 0.25) is 0 Å². The van der Waals surface area contributed by atoms with E-state index in [4.69, 9.17) is 14.2 Å². The van der Waals surface area contributed by atoms with E-state index in [-0.39, 0.29) is 12.5 Å². The molecule has 4 nitrogen and oxygen atoms in total. The van der Waals surface area contributed by atoms with Crippen LogP contribution in [0.15, 0.2) is 16.6 Å². The first-order valence-electron chi connectivity index (χ1n) is 3.87. The SMILES string of the molecule is COCOc1cc(OC)cc(O)c1Br. The van der Waals surface area contributed by atoms with Crippen LogP contribution in [0.1, 0.15) is 0 Å². The molecule has 1 aromatic carbocycles. The Hall–Kier alpha value is -0.940. The second kappa shape index (κ2) is 5.07. The molecule has 0 aromatic heterocycles. The summed E-state index contributed by atoms with van der Waals surface area (Å²) in [6, 6.07) is 3.15. The summed E-state index contributed by atoms with van der Waals surface area (Å²) in [7, 11) is 3.04. The number of phenolic OH excluding ortho intramolecular Hbond substituents is 1. The van der Waals surface area contributed by atoms with Gasteiger partial charge in [0, 0.05) is 19.2 Å². The Morgan fingerprint density at radius 1 is 1.36 bits per heavy atom. The van der Waals surface area contributed by atoms with Gasteiger partial charge in [-0.15, -0.1) is 0 Å². The maximum absolute atomic E-state index is 9.46. The van der Waals surface area contributed by atoms with E-state index >= 15 is 0 Å². The molecule has 0 bridgehead atoms. The normalized spacial score (nSPS) is 9.93. The zero-order valence-electron chi connectivity index (χ0n) is 7.91. The van der Waals surface area contributed by atoms with Crippen LogP contribution in [0.2, 0.25) is 0 Å². The molecule has 0 fully saturated rings. The topological polar surface area (TPSA) is 47.9 Å². The van der Waals surface area contributed by atoms with Crippen molar-refractivity contribution in [1.29, 1.82) is 0 Å². The molecule has 0 spiro atoms. The lowest BCUT2D eigenvalue weighted by Gasteiger charge is -2.10. The van der Waals surface area contributed by atoms with Gasteiger partial charge in [-0.05, 0) is 15.9 Å². The third kappa shape index (κ3) is 2.52. The molecule has 0 saturated heterocycles. The number of hydrogen-bond donors (Lipinski definition) is 1. The standard InChI is InChI=1S/C9H11BrO4/c1-12-5-14-8-4-6(13-2)3-7(11)9(8)10/h3-4,11H,5H2,1-2H3. The van der Waals surface area contributed by atoms with Gasteiger partial charge in [0.1, 0.15) is 21.7 Å². The lowest BCUT2D eigenvalue weighted by Crippen LogP contribution is -1.99. The minimum absolute atomic E-state index is 0.0652. The molecule has 0 atom stereocenters. The van der Waals surface area contributed by atoms with Crippen LogP contribution in [0.4, 0.5) is 0 Å². The van der Waals surface area contributed by atoms with E-state index in [1.165, 1.54) is 20.3 Å².